The normalized spacial score (nSPS) is 16.0. The van der Waals surface area contributed by atoms with Crippen molar-refractivity contribution < 1.29 is 18.9 Å². The van der Waals surface area contributed by atoms with Gasteiger partial charge in [-0.3, -0.25) is 9.55 Å². The molecule has 0 spiro atoms. The summed E-state index contributed by atoms with van der Waals surface area (Å²) in [5.41, 5.74) is -0.591. The Morgan fingerprint density at radius 2 is 2.19 bits per heavy atom. The molecule has 1 rings (SSSR count). The minimum absolute atomic E-state index is 0.152. The fourth-order valence-corrected chi connectivity index (χ4v) is 2.30. The number of aromatic nitrogens is 2. The van der Waals surface area contributed by atoms with Crippen molar-refractivity contribution in [1.82, 2.24) is 4.98 Å². The SMILES string of the molecule is CCCC(CC(C)P(=O)(O)O)[n+]1cc[nH]c1. The maximum Gasteiger partial charge on any atom is 0.328 e. The van der Waals surface area contributed by atoms with Gasteiger partial charge in [0.05, 0.1) is 5.66 Å². The number of nitrogens with one attached hydrogen (secondary N) is 1. The van der Waals surface area contributed by atoms with Crippen LogP contribution in [0.3, 0.4) is 0 Å². The molecule has 0 radical (unpaired) electrons. The second-order valence-corrected chi connectivity index (χ2v) is 6.23. The molecule has 0 aliphatic rings. The summed E-state index contributed by atoms with van der Waals surface area (Å²) in [6.07, 6.45) is 7.95. The molecule has 0 saturated heterocycles. The summed E-state index contributed by atoms with van der Waals surface area (Å²) in [4.78, 5) is 21.1. The third-order valence-electron chi connectivity index (χ3n) is 2.80. The van der Waals surface area contributed by atoms with E-state index >= 15 is 0 Å². The van der Waals surface area contributed by atoms with Crippen molar-refractivity contribution in [2.45, 2.75) is 44.8 Å². The molecule has 0 aromatic carbocycles. The first kappa shape index (κ1) is 13.4. The lowest BCUT2D eigenvalue weighted by Crippen LogP contribution is -2.38. The van der Waals surface area contributed by atoms with Crippen LogP contribution in [0, 0.1) is 0 Å². The van der Waals surface area contributed by atoms with Crippen LogP contribution in [-0.2, 0) is 4.57 Å². The summed E-state index contributed by atoms with van der Waals surface area (Å²) in [6, 6.07) is 0.152. The lowest BCUT2D eigenvalue weighted by molar-refractivity contribution is -0.723. The van der Waals surface area contributed by atoms with Crippen molar-refractivity contribution in [3.05, 3.63) is 18.7 Å². The Bertz CT molecular complexity index is 347. The van der Waals surface area contributed by atoms with Crippen molar-refractivity contribution in [2.24, 2.45) is 0 Å². The quantitative estimate of drug-likeness (QED) is 0.528. The van der Waals surface area contributed by atoms with E-state index in [0.717, 1.165) is 12.8 Å². The van der Waals surface area contributed by atoms with E-state index in [1.807, 2.05) is 23.3 Å². The summed E-state index contributed by atoms with van der Waals surface area (Å²) >= 11 is 0. The molecular weight excluding hydrogens is 227 g/mol. The molecular formula is C10H20N2O3P+. The molecule has 0 aliphatic heterocycles. The Morgan fingerprint density at radius 3 is 2.62 bits per heavy atom. The first-order valence-electron chi connectivity index (χ1n) is 5.54. The Labute approximate surface area is 95.7 Å². The van der Waals surface area contributed by atoms with Gasteiger partial charge >= 0.3 is 7.60 Å². The van der Waals surface area contributed by atoms with Gasteiger partial charge in [0.25, 0.3) is 0 Å². The molecule has 92 valence electrons. The third kappa shape index (κ3) is 3.74. The van der Waals surface area contributed by atoms with Crippen LogP contribution in [0.5, 0.6) is 0 Å². The van der Waals surface area contributed by atoms with E-state index in [2.05, 4.69) is 11.9 Å². The number of nitrogens with zero attached hydrogens (tertiary/aromatic N) is 1. The van der Waals surface area contributed by atoms with Crippen molar-refractivity contribution in [1.29, 1.82) is 0 Å². The van der Waals surface area contributed by atoms with Gasteiger partial charge in [-0.1, -0.05) is 20.3 Å². The van der Waals surface area contributed by atoms with Crippen LogP contribution in [0.15, 0.2) is 18.7 Å². The summed E-state index contributed by atoms with van der Waals surface area (Å²) in [5, 5.41) is 0. The maximum absolute atomic E-state index is 11.1. The van der Waals surface area contributed by atoms with Gasteiger partial charge in [-0.25, -0.2) is 4.57 Å². The van der Waals surface area contributed by atoms with Crippen LogP contribution in [0.2, 0.25) is 0 Å². The molecule has 0 bridgehead atoms. The van der Waals surface area contributed by atoms with Gasteiger partial charge in [-0.05, 0) is 6.42 Å². The van der Waals surface area contributed by atoms with Crippen molar-refractivity contribution in [3.63, 3.8) is 0 Å². The molecule has 0 amide bonds. The molecule has 2 unspecified atom stereocenters. The first-order valence-corrected chi connectivity index (χ1v) is 7.22. The van der Waals surface area contributed by atoms with E-state index in [4.69, 9.17) is 9.79 Å². The highest BCUT2D eigenvalue weighted by molar-refractivity contribution is 7.52. The Morgan fingerprint density at radius 1 is 1.50 bits per heavy atom. The van der Waals surface area contributed by atoms with Crippen LogP contribution >= 0.6 is 7.60 Å². The highest BCUT2D eigenvalue weighted by atomic mass is 31.2. The molecule has 1 aromatic rings. The maximum atomic E-state index is 11.1. The lowest BCUT2D eigenvalue weighted by Gasteiger charge is -2.18. The summed E-state index contributed by atoms with van der Waals surface area (Å²) in [5.74, 6) is 0. The minimum atomic E-state index is -3.96. The van der Waals surface area contributed by atoms with Crippen LogP contribution in [0.4, 0.5) is 0 Å². The van der Waals surface area contributed by atoms with Gasteiger partial charge in [-0.15, -0.1) is 0 Å². The van der Waals surface area contributed by atoms with Gasteiger partial charge < -0.3 is 9.79 Å². The second-order valence-electron chi connectivity index (χ2n) is 4.18. The molecule has 6 heteroatoms. The summed E-state index contributed by atoms with van der Waals surface area (Å²) in [7, 11) is -3.96. The number of aromatic amines is 1. The van der Waals surface area contributed by atoms with Gasteiger partial charge in [0.2, 0.25) is 6.33 Å². The predicted molar refractivity (Wildman–Crippen MR) is 61.1 cm³/mol. The van der Waals surface area contributed by atoms with Gasteiger partial charge in [-0.2, -0.15) is 0 Å². The van der Waals surface area contributed by atoms with Gasteiger partial charge in [0.15, 0.2) is 0 Å². The molecule has 0 fully saturated rings. The largest absolute Gasteiger partial charge is 0.328 e. The van der Waals surface area contributed by atoms with E-state index in [1.54, 1.807) is 6.92 Å². The zero-order valence-electron chi connectivity index (χ0n) is 9.71. The standard InChI is InChI=1S/C10H19N2O3P/c1-3-4-10(12-6-5-11-8-12)7-9(2)16(13,14)15/h5-6,8-10H,3-4,7H2,1-2H3,(H2,13,14,15)/p+1. The zero-order chi connectivity index (χ0) is 12.2. The molecule has 0 aliphatic carbocycles. The fraction of sp³-hybridized carbons (Fsp3) is 0.700. The minimum Gasteiger partial charge on any atom is -0.324 e. The van der Waals surface area contributed by atoms with Crippen LogP contribution < -0.4 is 4.57 Å². The number of imidazole rings is 1. The van der Waals surface area contributed by atoms with Gasteiger partial charge in [0, 0.05) is 6.42 Å². The van der Waals surface area contributed by atoms with Gasteiger partial charge in [0.1, 0.15) is 18.4 Å². The van der Waals surface area contributed by atoms with E-state index in [-0.39, 0.29) is 6.04 Å². The third-order valence-corrected chi connectivity index (χ3v) is 4.16. The molecule has 3 N–H and O–H groups in total. The average molecular weight is 247 g/mol. The molecule has 1 aromatic heterocycles. The topological polar surface area (TPSA) is 77.2 Å². The Kier molecular flexibility index (Phi) is 4.71. The monoisotopic (exact) mass is 247 g/mol. The Hall–Kier alpha value is -0.640. The second kappa shape index (κ2) is 5.62. The van der Waals surface area contributed by atoms with Crippen LogP contribution in [0.25, 0.3) is 0 Å². The molecule has 5 nitrogen and oxygen atoms in total. The van der Waals surface area contributed by atoms with E-state index in [1.165, 1.54) is 0 Å². The van der Waals surface area contributed by atoms with E-state index in [9.17, 15) is 4.57 Å². The smallest absolute Gasteiger partial charge is 0.324 e. The number of H-pyrrole nitrogens is 1. The van der Waals surface area contributed by atoms with Crippen molar-refractivity contribution in [3.8, 4) is 0 Å². The molecule has 16 heavy (non-hydrogen) atoms. The molecule has 2 atom stereocenters. The number of hydrogen-bond acceptors (Lipinski definition) is 1. The molecule has 1 heterocycles. The van der Waals surface area contributed by atoms with Crippen molar-refractivity contribution >= 4 is 7.60 Å². The van der Waals surface area contributed by atoms with Crippen LogP contribution in [-0.4, -0.2) is 20.4 Å². The highest BCUT2D eigenvalue weighted by Gasteiger charge is 2.29. The first-order chi connectivity index (χ1) is 7.45. The summed E-state index contributed by atoms with van der Waals surface area (Å²) < 4.78 is 13.1. The zero-order valence-corrected chi connectivity index (χ0v) is 10.6. The highest BCUT2D eigenvalue weighted by Crippen LogP contribution is 2.44. The number of hydrogen-bond donors (Lipinski definition) is 3. The lowest BCUT2D eigenvalue weighted by atomic mass is 10.1. The average Bonchev–Trinajstić information content (AvgIpc) is 2.68. The summed E-state index contributed by atoms with van der Waals surface area (Å²) in [6.45, 7) is 3.68. The van der Waals surface area contributed by atoms with Crippen molar-refractivity contribution in [2.75, 3.05) is 0 Å². The van der Waals surface area contributed by atoms with E-state index in [0.29, 0.717) is 6.42 Å². The number of rotatable bonds is 6. The Balaban J connectivity index is 2.69. The fourth-order valence-electron chi connectivity index (χ4n) is 1.78. The molecule has 0 saturated carbocycles. The predicted octanol–water partition coefficient (Wildman–Crippen LogP) is 1.60. The van der Waals surface area contributed by atoms with E-state index < -0.39 is 13.3 Å². The van der Waals surface area contributed by atoms with Crippen LogP contribution in [0.1, 0.15) is 39.2 Å².